The second-order valence-electron chi connectivity index (χ2n) is 7.06. The van der Waals surface area contributed by atoms with Gasteiger partial charge in [-0.2, -0.15) is 0 Å². The number of piperidine rings is 1. The lowest BCUT2D eigenvalue weighted by molar-refractivity contribution is -0.144. The molecule has 3 rings (SSSR count). The standard InChI is InChI=1S/C19H26N2O4/c1-13-9-14(2)11-15(10-13)18(22)21-4-3-16(12-17(21)19(23)24)20-5-7-25-8-6-20/h9-11,16-17H,3-8,12H2,1-2H3,(H,23,24)/t16-,17-/m1/s1. The predicted molar refractivity (Wildman–Crippen MR) is 93.8 cm³/mol. The van der Waals surface area contributed by atoms with Crippen LogP contribution in [0.25, 0.3) is 0 Å². The first-order valence-electron chi connectivity index (χ1n) is 8.89. The van der Waals surface area contributed by atoms with Gasteiger partial charge < -0.3 is 14.7 Å². The average Bonchev–Trinajstić information content (AvgIpc) is 2.60. The van der Waals surface area contributed by atoms with E-state index in [0.29, 0.717) is 31.7 Å². The SMILES string of the molecule is Cc1cc(C)cc(C(=O)N2CC[C@@H](N3CCOCC3)C[C@@H]2C(=O)O)c1. The Hall–Kier alpha value is -1.92. The molecule has 6 nitrogen and oxygen atoms in total. The minimum absolute atomic E-state index is 0.181. The highest BCUT2D eigenvalue weighted by Crippen LogP contribution is 2.25. The monoisotopic (exact) mass is 346 g/mol. The van der Waals surface area contributed by atoms with E-state index in [1.54, 1.807) is 0 Å². The van der Waals surface area contributed by atoms with Gasteiger partial charge >= 0.3 is 5.97 Å². The van der Waals surface area contributed by atoms with Crippen LogP contribution in [0.2, 0.25) is 0 Å². The van der Waals surface area contributed by atoms with Crippen molar-refractivity contribution in [2.75, 3.05) is 32.8 Å². The van der Waals surface area contributed by atoms with Crippen LogP contribution in [0, 0.1) is 13.8 Å². The zero-order valence-corrected chi connectivity index (χ0v) is 14.9. The quantitative estimate of drug-likeness (QED) is 0.902. The fraction of sp³-hybridized carbons (Fsp3) is 0.579. The van der Waals surface area contributed by atoms with Gasteiger partial charge in [0.2, 0.25) is 0 Å². The number of nitrogens with zero attached hydrogens (tertiary/aromatic N) is 2. The fourth-order valence-electron chi connectivity index (χ4n) is 3.96. The van der Waals surface area contributed by atoms with Crippen molar-refractivity contribution in [2.45, 2.75) is 38.8 Å². The average molecular weight is 346 g/mol. The van der Waals surface area contributed by atoms with Crippen molar-refractivity contribution < 1.29 is 19.4 Å². The summed E-state index contributed by atoms with van der Waals surface area (Å²) in [6.45, 7) is 7.43. The number of hydrogen-bond acceptors (Lipinski definition) is 4. The van der Waals surface area contributed by atoms with Gasteiger partial charge in [-0.05, 0) is 38.8 Å². The second kappa shape index (κ2) is 7.54. The molecule has 2 fully saturated rings. The summed E-state index contributed by atoms with van der Waals surface area (Å²) in [6, 6.07) is 5.11. The van der Waals surface area contributed by atoms with Crippen molar-refractivity contribution in [1.82, 2.24) is 9.80 Å². The third-order valence-corrected chi connectivity index (χ3v) is 5.15. The zero-order valence-electron chi connectivity index (χ0n) is 14.9. The number of amides is 1. The van der Waals surface area contributed by atoms with E-state index in [0.717, 1.165) is 30.6 Å². The molecule has 2 aliphatic heterocycles. The number of aliphatic carboxylic acids is 1. The molecule has 0 saturated carbocycles. The zero-order chi connectivity index (χ0) is 18.0. The number of carbonyl (C=O) groups excluding carboxylic acids is 1. The maximum absolute atomic E-state index is 12.9. The highest BCUT2D eigenvalue weighted by Gasteiger charge is 2.38. The maximum Gasteiger partial charge on any atom is 0.326 e. The number of benzene rings is 1. The van der Waals surface area contributed by atoms with E-state index in [-0.39, 0.29) is 11.9 Å². The highest BCUT2D eigenvalue weighted by molar-refractivity contribution is 5.97. The number of hydrogen-bond donors (Lipinski definition) is 1. The molecule has 0 spiro atoms. The lowest BCUT2D eigenvalue weighted by Crippen LogP contribution is -2.56. The van der Waals surface area contributed by atoms with Gasteiger partial charge in [0.1, 0.15) is 6.04 Å². The van der Waals surface area contributed by atoms with Crippen LogP contribution in [-0.4, -0.2) is 71.7 Å². The summed E-state index contributed by atoms with van der Waals surface area (Å²) in [5, 5.41) is 9.69. The number of morpholine rings is 1. The van der Waals surface area contributed by atoms with E-state index in [2.05, 4.69) is 4.90 Å². The molecule has 0 unspecified atom stereocenters. The van der Waals surface area contributed by atoms with Crippen molar-refractivity contribution in [3.63, 3.8) is 0 Å². The third-order valence-electron chi connectivity index (χ3n) is 5.15. The molecule has 1 amide bonds. The Morgan fingerprint density at radius 2 is 1.72 bits per heavy atom. The van der Waals surface area contributed by atoms with Crippen molar-refractivity contribution in [3.05, 3.63) is 34.9 Å². The molecule has 2 aliphatic rings. The minimum Gasteiger partial charge on any atom is -0.480 e. The second-order valence-corrected chi connectivity index (χ2v) is 7.06. The molecular weight excluding hydrogens is 320 g/mol. The number of rotatable bonds is 3. The predicted octanol–water partition coefficient (Wildman–Crippen LogP) is 1.69. The molecule has 2 heterocycles. The summed E-state index contributed by atoms with van der Waals surface area (Å²) >= 11 is 0. The number of likely N-dealkylation sites (tertiary alicyclic amines) is 1. The maximum atomic E-state index is 12.9. The Balaban J connectivity index is 1.76. The van der Waals surface area contributed by atoms with Gasteiger partial charge in [-0.15, -0.1) is 0 Å². The van der Waals surface area contributed by atoms with Crippen LogP contribution >= 0.6 is 0 Å². The van der Waals surface area contributed by atoms with E-state index in [4.69, 9.17) is 4.74 Å². The Bertz CT molecular complexity index is 635. The minimum atomic E-state index is -0.921. The van der Waals surface area contributed by atoms with Gasteiger partial charge in [0, 0.05) is 31.2 Å². The van der Waals surface area contributed by atoms with E-state index in [9.17, 15) is 14.7 Å². The molecule has 6 heteroatoms. The molecule has 0 aromatic heterocycles. The molecular formula is C19H26N2O4. The molecule has 0 bridgehead atoms. The van der Waals surface area contributed by atoms with E-state index in [1.807, 2.05) is 32.0 Å². The van der Waals surface area contributed by atoms with E-state index in [1.165, 1.54) is 4.90 Å². The number of carboxylic acid groups (broad SMARTS) is 1. The molecule has 1 aromatic carbocycles. The first kappa shape index (κ1) is 17.9. The van der Waals surface area contributed by atoms with Crippen molar-refractivity contribution >= 4 is 11.9 Å². The molecule has 1 N–H and O–H groups in total. The van der Waals surface area contributed by atoms with Crippen LogP contribution in [-0.2, 0) is 9.53 Å². The molecule has 2 saturated heterocycles. The molecule has 2 atom stereocenters. The lowest BCUT2D eigenvalue weighted by atomic mass is 9.94. The number of carboxylic acids is 1. The Kier molecular flexibility index (Phi) is 5.39. The number of aryl methyl sites for hydroxylation is 2. The van der Waals surface area contributed by atoms with Crippen molar-refractivity contribution in [1.29, 1.82) is 0 Å². The molecule has 136 valence electrons. The largest absolute Gasteiger partial charge is 0.480 e. The van der Waals surface area contributed by atoms with Gasteiger partial charge in [-0.3, -0.25) is 9.69 Å². The van der Waals surface area contributed by atoms with E-state index < -0.39 is 12.0 Å². The number of carbonyl (C=O) groups is 2. The van der Waals surface area contributed by atoms with Crippen LogP contribution in [0.15, 0.2) is 18.2 Å². The summed E-state index contributed by atoms with van der Waals surface area (Å²) in [6.07, 6.45) is 1.28. The van der Waals surface area contributed by atoms with Crippen LogP contribution in [0.1, 0.15) is 34.3 Å². The number of ether oxygens (including phenoxy) is 1. The van der Waals surface area contributed by atoms with Crippen LogP contribution < -0.4 is 0 Å². The normalized spacial score (nSPS) is 25.0. The van der Waals surface area contributed by atoms with Gasteiger partial charge in [-0.25, -0.2) is 4.79 Å². The van der Waals surface area contributed by atoms with E-state index >= 15 is 0 Å². The summed E-state index contributed by atoms with van der Waals surface area (Å²) in [7, 11) is 0. The fourth-order valence-corrected chi connectivity index (χ4v) is 3.96. The van der Waals surface area contributed by atoms with Crippen LogP contribution in [0.3, 0.4) is 0 Å². The molecule has 0 aliphatic carbocycles. The van der Waals surface area contributed by atoms with Crippen LogP contribution in [0.4, 0.5) is 0 Å². The van der Waals surface area contributed by atoms with Crippen LogP contribution in [0.5, 0.6) is 0 Å². The Morgan fingerprint density at radius 1 is 1.08 bits per heavy atom. The van der Waals surface area contributed by atoms with Gasteiger partial charge in [-0.1, -0.05) is 17.2 Å². The summed E-state index contributed by atoms with van der Waals surface area (Å²) in [5.41, 5.74) is 2.60. The topological polar surface area (TPSA) is 70.1 Å². The third kappa shape index (κ3) is 4.02. The van der Waals surface area contributed by atoms with Crippen molar-refractivity contribution in [2.24, 2.45) is 0 Å². The Morgan fingerprint density at radius 3 is 2.32 bits per heavy atom. The summed E-state index contributed by atoms with van der Waals surface area (Å²) < 4.78 is 5.38. The van der Waals surface area contributed by atoms with Gasteiger partial charge in [0.15, 0.2) is 0 Å². The van der Waals surface area contributed by atoms with Gasteiger partial charge in [0.05, 0.1) is 13.2 Å². The first-order valence-corrected chi connectivity index (χ1v) is 8.89. The summed E-state index contributed by atoms with van der Waals surface area (Å²) in [5.74, 6) is -1.10. The van der Waals surface area contributed by atoms with Crippen molar-refractivity contribution in [3.8, 4) is 0 Å². The smallest absolute Gasteiger partial charge is 0.326 e. The van der Waals surface area contributed by atoms with Gasteiger partial charge in [0.25, 0.3) is 5.91 Å². The highest BCUT2D eigenvalue weighted by atomic mass is 16.5. The lowest BCUT2D eigenvalue weighted by Gasteiger charge is -2.43. The molecule has 25 heavy (non-hydrogen) atoms. The molecule has 1 aromatic rings. The molecule has 0 radical (unpaired) electrons. The summed E-state index contributed by atoms with van der Waals surface area (Å²) in [4.78, 5) is 28.6. The first-order chi connectivity index (χ1) is 12.0. The Labute approximate surface area is 148 Å².